The van der Waals surface area contributed by atoms with Gasteiger partial charge in [-0.1, -0.05) is 17.7 Å². The van der Waals surface area contributed by atoms with Crippen LogP contribution in [0.15, 0.2) is 61.2 Å². The highest BCUT2D eigenvalue weighted by Gasteiger charge is 2.08. The molecular weight excluding hydrogens is 352 g/mol. The first-order valence-electron chi connectivity index (χ1n) is 7.88. The second-order valence-electron chi connectivity index (χ2n) is 5.48. The van der Waals surface area contributed by atoms with Crippen LogP contribution >= 0.6 is 11.6 Å². The molecule has 0 radical (unpaired) electrons. The zero-order chi connectivity index (χ0) is 18.4. The molecular formula is C19H17ClN4O2. The molecule has 132 valence electrons. The first-order chi connectivity index (χ1) is 12.7. The Morgan fingerprint density at radius 1 is 1.12 bits per heavy atom. The normalized spacial score (nSPS) is 10.2. The molecule has 0 atom stereocenters. The van der Waals surface area contributed by atoms with E-state index in [1.54, 1.807) is 43.9 Å². The quantitative estimate of drug-likeness (QED) is 0.691. The molecule has 0 bridgehead atoms. The van der Waals surface area contributed by atoms with Crippen LogP contribution in [0.2, 0.25) is 5.02 Å². The molecule has 0 unspecified atom stereocenters. The molecule has 7 heteroatoms. The van der Waals surface area contributed by atoms with Gasteiger partial charge in [0, 0.05) is 30.8 Å². The molecule has 0 saturated carbocycles. The van der Waals surface area contributed by atoms with Crippen molar-refractivity contribution in [1.29, 1.82) is 0 Å². The van der Waals surface area contributed by atoms with Gasteiger partial charge in [0.25, 0.3) is 5.91 Å². The number of halogens is 1. The topological polar surface area (TPSA) is 76.1 Å². The fraction of sp³-hybridized carbons (Fsp3) is 0.105. The predicted molar refractivity (Wildman–Crippen MR) is 101 cm³/mol. The van der Waals surface area contributed by atoms with E-state index in [-0.39, 0.29) is 5.91 Å². The van der Waals surface area contributed by atoms with E-state index < -0.39 is 0 Å². The summed E-state index contributed by atoms with van der Waals surface area (Å²) in [6, 6.07) is 10.8. The third kappa shape index (κ3) is 4.49. The summed E-state index contributed by atoms with van der Waals surface area (Å²) in [7, 11) is 1.56. The summed E-state index contributed by atoms with van der Waals surface area (Å²) >= 11 is 6.13. The van der Waals surface area contributed by atoms with Crippen LogP contribution < -0.4 is 15.4 Å². The summed E-state index contributed by atoms with van der Waals surface area (Å²) in [5.74, 6) is 0.386. The van der Waals surface area contributed by atoms with E-state index in [0.717, 1.165) is 11.3 Å². The van der Waals surface area contributed by atoms with Crippen molar-refractivity contribution in [3.63, 3.8) is 0 Å². The van der Waals surface area contributed by atoms with Gasteiger partial charge in [-0.15, -0.1) is 0 Å². The number of pyridine rings is 2. The van der Waals surface area contributed by atoms with Crippen LogP contribution in [-0.2, 0) is 6.54 Å². The Morgan fingerprint density at radius 2 is 2.00 bits per heavy atom. The van der Waals surface area contributed by atoms with E-state index in [4.69, 9.17) is 16.3 Å². The van der Waals surface area contributed by atoms with Gasteiger partial charge < -0.3 is 15.4 Å². The van der Waals surface area contributed by atoms with Crippen molar-refractivity contribution in [1.82, 2.24) is 15.3 Å². The van der Waals surface area contributed by atoms with Crippen LogP contribution in [0.25, 0.3) is 0 Å². The predicted octanol–water partition coefficient (Wildman–Crippen LogP) is 3.81. The largest absolute Gasteiger partial charge is 0.495 e. The number of carbonyl (C=O) groups excluding carboxylic acids is 1. The number of nitrogens with one attached hydrogen (secondary N) is 2. The Bertz CT molecular complexity index is 903. The number of anilines is 2. The molecule has 0 aliphatic heterocycles. The van der Waals surface area contributed by atoms with Gasteiger partial charge in [0.1, 0.15) is 5.75 Å². The fourth-order valence-corrected chi connectivity index (χ4v) is 2.59. The molecule has 0 saturated heterocycles. The number of amides is 1. The molecule has 2 heterocycles. The van der Waals surface area contributed by atoms with Gasteiger partial charge in [-0.25, -0.2) is 0 Å². The monoisotopic (exact) mass is 368 g/mol. The van der Waals surface area contributed by atoms with Crippen molar-refractivity contribution in [2.24, 2.45) is 0 Å². The van der Waals surface area contributed by atoms with E-state index >= 15 is 0 Å². The Morgan fingerprint density at radius 3 is 2.73 bits per heavy atom. The SMILES string of the molecule is COc1ccc(Nc2cncc(C(=O)NCc3cccnc3)c2)cc1Cl. The Balaban J connectivity index is 1.67. The number of rotatable bonds is 6. The first kappa shape index (κ1) is 17.7. The van der Waals surface area contributed by atoms with E-state index in [9.17, 15) is 4.79 Å². The van der Waals surface area contributed by atoms with E-state index in [1.807, 2.05) is 18.2 Å². The van der Waals surface area contributed by atoms with Crippen LogP contribution in [0.3, 0.4) is 0 Å². The Kier molecular flexibility index (Phi) is 5.66. The van der Waals surface area contributed by atoms with Gasteiger partial charge in [-0.2, -0.15) is 0 Å². The minimum atomic E-state index is -0.210. The summed E-state index contributed by atoms with van der Waals surface area (Å²) in [5.41, 5.74) is 2.83. The number of methoxy groups -OCH3 is 1. The van der Waals surface area contributed by atoms with E-state index in [0.29, 0.717) is 28.6 Å². The fourth-order valence-electron chi connectivity index (χ4n) is 2.33. The number of nitrogens with zero attached hydrogens (tertiary/aromatic N) is 2. The third-order valence-corrected chi connectivity index (χ3v) is 3.91. The molecule has 3 rings (SSSR count). The van der Waals surface area contributed by atoms with Crippen molar-refractivity contribution >= 4 is 28.9 Å². The van der Waals surface area contributed by atoms with Crippen molar-refractivity contribution < 1.29 is 9.53 Å². The number of ether oxygens (including phenoxy) is 1. The summed E-state index contributed by atoms with van der Waals surface area (Å²) in [6.45, 7) is 0.401. The van der Waals surface area contributed by atoms with Gasteiger partial charge in [-0.3, -0.25) is 14.8 Å². The van der Waals surface area contributed by atoms with Crippen LogP contribution in [0.5, 0.6) is 5.75 Å². The molecule has 2 aromatic heterocycles. The molecule has 0 spiro atoms. The van der Waals surface area contributed by atoms with Crippen molar-refractivity contribution in [3.8, 4) is 5.75 Å². The third-order valence-electron chi connectivity index (χ3n) is 3.62. The average Bonchev–Trinajstić information content (AvgIpc) is 2.67. The summed E-state index contributed by atoms with van der Waals surface area (Å²) in [4.78, 5) is 20.5. The van der Waals surface area contributed by atoms with Gasteiger partial charge in [0.05, 0.1) is 29.6 Å². The summed E-state index contributed by atoms with van der Waals surface area (Å²) < 4.78 is 5.13. The lowest BCUT2D eigenvalue weighted by Crippen LogP contribution is -2.23. The molecule has 0 fully saturated rings. The lowest BCUT2D eigenvalue weighted by atomic mass is 10.2. The van der Waals surface area contributed by atoms with Gasteiger partial charge in [0.15, 0.2) is 0 Å². The van der Waals surface area contributed by atoms with E-state index in [1.165, 1.54) is 6.20 Å². The highest BCUT2D eigenvalue weighted by atomic mass is 35.5. The minimum absolute atomic E-state index is 0.210. The second-order valence-corrected chi connectivity index (χ2v) is 5.89. The average molecular weight is 369 g/mol. The molecule has 1 aromatic carbocycles. The first-order valence-corrected chi connectivity index (χ1v) is 8.26. The summed E-state index contributed by atoms with van der Waals surface area (Å²) in [6.07, 6.45) is 6.56. The standard InChI is InChI=1S/C19H17ClN4O2/c1-26-18-5-4-15(8-17(18)20)24-16-7-14(11-22-12-16)19(25)23-10-13-3-2-6-21-9-13/h2-9,11-12,24H,10H2,1H3,(H,23,25). The molecule has 3 aromatic rings. The smallest absolute Gasteiger partial charge is 0.253 e. The minimum Gasteiger partial charge on any atom is -0.495 e. The molecule has 6 nitrogen and oxygen atoms in total. The van der Waals surface area contributed by atoms with Gasteiger partial charge in [-0.05, 0) is 35.9 Å². The lowest BCUT2D eigenvalue weighted by Gasteiger charge is -2.10. The van der Waals surface area contributed by atoms with Gasteiger partial charge in [0.2, 0.25) is 0 Å². The molecule has 0 aliphatic rings. The van der Waals surface area contributed by atoms with Crippen LogP contribution in [-0.4, -0.2) is 23.0 Å². The zero-order valence-electron chi connectivity index (χ0n) is 14.1. The molecule has 26 heavy (non-hydrogen) atoms. The number of benzene rings is 1. The summed E-state index contributed by atoms with van der Waals surface area (Å²) in [5, 5.41) is 6.51. The van der Waals surface area contributed by atoms with Crippen molar-refractivity contribution in [2.75, 3.05) is 12.4 Å². The zero-order valence-corrected chi connectivity index (χ0v) is 14.8. The number of hydrogen-bond donors (Lipinski definition) is 2. The number of aromatic nitrogens is 2. The van der Waals surface area contributed by atoms with Crippen LogP contribution in [0.1, 0.15) is 15.9 Å². The maximum atomic E-state index is 12.3. The second kappa shape index (κ2) is 8.31. The molecule has 0 aliphatic carbocycles. The van der Waals surface area contributed by atoms with Crippen molar-refractivity contribution in [3.05, 3.63) is 77.3 Å². The molecule has 2 N–H and O–H groups in total. The number of carbonyl (C=O) groups is 1. The maximum Gasteiger partial charge on any atom is 0.253 e. The highest BCUT2D eigenvalue weighted by molar-refractivity contribution is 6.32. The van der Waals surface area contributed by atoms with Crippen LogP contribution in [0, 0.1) is 0 Å². The van der Waals surface area contributed by atoms with Crippen LogP contribution in [0.4, 0.5) is 11.4 Å². The Hall–Kier alpha value is -3.12. The molecule has 1 amide bonds. The van der Waals surface area contributed by atoms with Crippen molar-refractivity contribution in [2.45, 2.75) is 6.54 Å². The van der Waals surface area contributed by atoms with E-state index in [2.05, 4.69) is 20.6 Å². The Labute approximate surface area is 156 Å². The lowest BCUT2D eigenvalue weighted by molar-refractivity contribution is 0.0950. The number of hydrogen-bond acceptors (Lipinski definition) is 5. The van der Waals surface area contributed by atoms with Gasteiger partial charge >= 0.3 is 0 Å². The maximum absolute atomic E-state index is 12.3. The highest BCUT2D eigenvalue weighted by Crippen LogP contribution is 2.28.